The Morgan fingerprint density at radius 3 is 2.76 bits per heavy atom. The molecule has 0 radical (unpaired) electrons. The van der Waals surface area contributed by atoms with Gasteiger partial charge in [-0.25, -0.2) is 14.2 Å². The molecule has 2 aromatic rings. The Kier molecular flexibility index (Phi) is 4.42. The number of hydrogen-bond acceptors (Lipinski definition) is 3. The summed E-state index contributed by atoms with van der Waals surface area (Å²) in [5.74, 6) is -1.80. The lowest BCUT2D eigenvalue weighted by atomic mass is 10.2. The lowest BCUT2D eigenvalue weighted by molar-refractivity contribution is -0.121. The van der Waals surface area contributed by atoms with Crippen LogP contribution in [0, 0.1) is 25.5 Å². The third kappa shape index (κ3) is 3.95. The average Bonchev–Trinajstić information content (AvgIpc) is 2.70. The molecule has 5 nitrogen and oxygen atoms in total. The van der Waals surface area contributed by atoms with Crippen molar-refractivity contribution in [2.24, 2.45) is 5.10 Å². The summed E-state index contributed by atoms with van der Waals surface area (Å²) in [7, 11) is 0. The fourth-order valence-corrected chi connectivity index (χ4v) is 1.79. The summed E-state index contributed by atoms with van der Waals surface area (Å²) in [5.41, 5.74) is 4.03. The molecular formula is C14H14F2N4O. The van der Waals surface area contributed by atoms with E-state index in [0.717, 1.165) is 29.7 Å². The molecule has 0 aliphatic heterocycles. The fourth-order valence-electron chi connectivity index (χ4n) is 1.79. The van der Waals surface area contributed by atoms with Crippen molar-refractivity contribution in [3.63, 3.8) is 0 Å². The number of carbonyl (C=O) groups excluding carboxylic acids is 1. The monoisotopic (exact) mass is 292 g/mol. The second kappa shape index (κ2) is 6.25. The summed E-state index contributed by atoms with van der Waals surface area (Å²) in [6.07, 6.45) is 1.12. The summed E-state index contributed by atoms with van der Waals surface area (Å²) in [6.45, 7) is 3.68. The van der Waals surface area contributed by atoms with Crippen LogP contribution < -0.4 is 5.43 Å². The Labute approximate surface area is 120 Å². The van der Waals surface area contributed by atoms with E-state index in [2.05, 4.69) is 15.6 Å². The number of hydrogen-bond donors (Lipinski definition) is 1. The van der Waals surface area contributed by atoms with Gasteiger partial charge in [-0.1, -0.05) is 0 Å². The quantitative estimate of drug-likeness (QED) is 0.691. The normalized spacial score (nSPS) is 11.0. The van der Waals surface area contributed by atoms with E-state index >= 15 is 0 Å². The number of nitrogens with zero attached hydrogens (tertiary/aromatic N) is 3. The van der Waals surface area contributed by atoms with Gasteiger partial charge in [-0.05, 0) is 32.0 Å². The SMILES string of the molecule is Cc1cc(C)n(CC(=O)N/N=C\c2ccc(F)cc2F)n1. The van der Waals surface area contributed by atoms with E-state index in [9.17, 15) is 13.6 Å². The summed E-state index contributed by atoms with van der Waals surface area (Å²) in [6, 6.07) is 4.95. The Hall–Kier alpha value is -2.57. The van der Waals surface area contributed by atoms with Gasteiger partial charge in [-0.15, -0.1) is 0 Å². The van der Waals surface area contributed by atoms with E-state index < -0.39 is 11.6 Å². The maximum atomic E-state index is 13.3. The van der Waals surface area contributed by atoms with E-state index in [1.807, 2.05) is 19.9 Å². The Morgan fingerprint density at radius 1 is 1.38 bits per heavy atom. The molecule has 0 aliphatic rings. The number of aryl methyl sites for hydroxylation is 2. The van der Waals surface area contributed by atoms with Gasteiger partial charge in [0.15, 0.2) is 0 Å². The molecule has 0 fully saturated rings. The molecule has 0 atom stereocenters. The lowest BCUT2D eigenvalue weighted by Gasteiger charge is -2.02. The molecule has 0 spiro atoms. The molecule has 0 aliphatic carbocycles. The zero-order valence-corrected chi connectivity index (χ0v) is 11.6. The van der Waals surface area contributed by atoms with Crippen LogP contribution in [0.5, 0.6) is 0 Å². The van der Waals surface area contributed by atoms with Gasteiger partial charge in [-0.3, -0.25) is 9.48 Å². The fraction of sp³-hybridized carbons (Fsp3) is 0.214. The maximum absolute atomic E-state index is 13.3. The van der Waals surface area contributed by atoms with Crippen LogP contribution in [0.15, 0.2) is 29.4 Å². The number of rotatable bonds is 4. The highest BCUT2D eigenvalue weighted by Gasteiger charge is 2.06. The number of hydrazone groups is 1. The molecule has 110 valence electrons. The van der Waals surface area contributed by atoms with Gasteiger partial charge < -0.3 is 0 Å². The zero-order chi connectivity index (χ0) is 15.4. The largest absolute Gasteiger partial charge is 0.271 e. The van der Waals surface area contributed by atoms with Crippen molar-refractivity contribution in [3.05, 3.63) is 52.9 Å². The van der Waals surface area contributed by atoms with Crippen LogP contribution in [0.3, 0.4) is 0 Å². The molecule has 0 saturated carbocycles. The molecule has 7 heteroatoms. The second-order valence-electron chi connectivity index (χ2n) is 4.54. The summed E-state index contributed by atoms with van der Waals surface area (Å²) in [4.78, 5) is 11.7. The molecule has 0 bridgehead atoms. The van der Waals surface area contributed by atoms with Crippen LogP contribution in [0.25, 0.3) is 0 Å². The third-order valence-corrected chi connectivity index (χ3v) is 2.75. The minimum Gasteiger partial charge on any atom is -0.271 e. The average molecular weight is 292 g/mol. The van der Waals surface area contributed by atoms with Crippen molar-refractivity contribution in [2.45, 2.75) is 20.4 Å². The summed E-state index contributed by atoms with van der Waals surface area (Å²) >= 11 is 0. The maximum Gasteiger partial charge on any atom is 0.261 e. The molecule has 0 unspecified atom stereocenters. The number of nitrogens with one attached hydrogen (secondary N) is 1. The molecular weight excluding hydrogens is 278 g/mol. The highest BCUT2D eigenvalue weighted by Crippen LogP contribution is 2.06. The summed E-state index contributed by atoms with van der Waals surface area (Å²) < 4.78 is 27.6. The number of carbonyl (C=O) groups is 1. The first-order chi connectivity index (χ1) is 9.95. The lowest BCUT2D eigenvalue weighted by Crippen LogP contribution is -2.24. The van der Waals surface area contributed by atoms with Crippen molar-refractivity contribution in [3.8, 4) is 0 Å². The Bertz CT molecular complexity index is 694. The predicted octanol–water partition coefficient (Wildman–Crippen LogP) is 1.93. The third-order valence-electron chi connectivity index (χ3n) is 2.75. The molecule has 2 rings (SSSR count). The molecule has 1 aromatic carbocycles. The Morgan fingerprint density at radius 2 is 2.14 bits per heavy atom. The van der Waals surface area contributed by atoms with Crippen LogP contribution in [-0.4, -0.2) is 21.9 Å². The molecule has 0 saturated heterocycles. The highest BCUT2D eigenvalue weighted by atomic mass is 19.1. The number of halogens is 2. The number of benzene rings is 1. The first kappa shape index (κ1) is 14.8. The molecule has 1 aromatic heterocycles. The minimum absolute atomic E-state index is 0.0168. The van der Waals surface area contributed by atoms with Crippen LogP contribution in [0.4, 0.5) is 8.78 Å². The van der Waals surface area contributed by atoms with Gasteiger partial charge in [0.2, 0.25) is 0 Å². The van der Waals surface area contributed by atoms with Crippen molar-refractivity contribution in [1.82, 2.24) is 15.2 Å². The molecule has 1 heterocycles. The van der Waals surface area contributed by atoms with Gasteiger partial charge in [-0.2, -0.15) is 10.2 Å². The zero-order valence-electron chi connectivity index (χ0n) is 11.6. The van der Waals surface area contributed by atoms with Crippen molar-refractivity contribution in [1.29, 1.82) is 0 Å². The van der Waals surface area contributed by atoms with Crippen LogP contribution >= 0.6 is 0 Å². The predicted molar refractivity (Wildman–Crippen MR) is 73.8 cm³/mol. The van der Waals surface area contributed by atoms with Crippen molar-refractivity contribution >= 4 is 12.1 Å². The highest BCUT2D eigenvalue weighted by molar-refractivity contribution is 5.82. The van der Waals surface area contributed by atoms with Gasteiger partial charge in [0.05, 0.1) is 11.9 Å². The van der Waals surface area contributed by atoms with E-state index in [1.54, 1.807) is 4.68 Å². The van der Waals surface area contributed by atoms with E-state index in [0.29, 0.717) is 0 Å². The molecule has 1 amide bonds. The van der Waals surface area contributed by atoms with Gasteiger partial charge in [0.1, 0.15) is 18.2 Å². The first-order valence-electron chi connectivity index (χ1n) is 6.23. The molecule has 21 heavy (non-hydrogen) atoms. The summed E-state index contributed by atoms with van der Waals surface area (Å²) in [5, 5.41) is 7.78. The second-order valence-corrected chi connectivity index (χ2v) is 4.54. The van der Waals surface area contributed by atoms with Gasteiger partial charge in [0, 0.05) is 17.3 Å². The van der Waals surface area contributed by atoms with Crippen molar-refractivity contribution < 1.29 is 13.6 Å². The Balaban J connectivity index is 1.94. The smallest absolute Gasteiger partial charge is 0.261 e. The van der Waals surface area contributed by atoms with E-state index in [4.69, 9.17) is 0 Å². The van der Waals surface area contributed by atoms with E-state index in [1.165, 1.54) is 6.07 Å². The number of aromatic nitrogens is 2. The van der Waals surface area contributed by atoms with Gasteiger partial charge >= 0.3 is 0 Å². The molecule has 1 N–H and O–H groups in total. The number of amides is 1. The van der Waals surface area contributed by atoms with E-state index in [-0.39, 0.29) is 18.0 Å². The minimum atomic E-state index is -0.744. The van der Waals surface area contributed by atoms with Crippen LogP contribution in [0.1, 0.15) is 17.0 Å². The topological polar surface area (TPSA) is 59.3 Å². The van der Waals surface area contributed by atoms with Crippen LogP contribution in [0.2, 0.25) is 0 Å². The van der Waals surface area contributed by atoms with Gasteiger partial charge in [0.25, 0.3) is 5.91 Å². The van der Waals surface area contributed by atoms with Crippen LogP contribution in [-0.2, 0) is 11.3 Å². The standard InChI is InChI=1S/C14H14F2N4O/c1-9-5-10(2)20(19-9)8-14(21)18-17-7-11-3-4-12(15)6-13(11)16/h3-7H,8H2,1-2H3,(H,18,21)/b17-7-. The first-order valence-corrected chi connectivity index (χ1v) is 6.23. The van der Waals surface area contributed by atoms with Crippen molar-refractivity contribution in [2.75, 3.05) is 0 Å².